The molecule has 0 fully saturated rings. The molecule has 208 valence electrons. The average molecular weight is 591 g/mol. The van der Waals surface area contributed by atoms with Gasteiger partial charge in [0.2, 0.25) is 10.0 Å². The molecule has 0 aliphatic rings. The van der Waals surface area contributed by atoms with Crippen molar-refractivity contribution >= 4 is 55.0 Å². The van der Waals surface area contributed by atoms with Crippen LogP contribution in [0.2, 0.25) is 0 Å². The molecule has 0 aliphatic carbocycles. The number of hydrogen-bond acceptors (Lipinski definition) is 6. The standard InChI is InChI=1S/C28H31FN4O3S2.ClH/c1-4-32(5-2)18-19-33(28-30-26-24(29)12-9-13-25(26)37-28)27(34)22-14-16-23(17-15-22)38(35,36)31(3)20-21-10-7-6-8-11-21;/h6-17H,4-5,18-20H2,1-3H3;1H. The van der Waals surface area contributed by atoms with Crippen LogP contribution in [0.15, 0.2) is 77.7 Å². The molecule has 0 spiro atoms. The highest BCUT2D eigenvalue weighted by molar-refractivity contribution is 7.89. The monoisotopic (exact) mass is 590 g/mol. The van der Waals surface area contributed by atoms with E-state index in [-0.39, 0.29) is 35.3 Å². The summed E-state index contributed by atoms with van der Waals surface area (Å²) in [5.74, 6) is -0.756. The fraction of sp³-hybridized carbons (Fsp3) is 0.286. The normalized spacial score (nSPS) is 11.6. The molecule has 0 saturated carbocycles. The number of hydrogen-bond donors (Lipinski definition) is 0. The summed E-state index contributed by atoms with van der Waals surface area (Å²) in [7, 11) is -2.22. The van der Waals surface area contributed by atoms with Gasteiger partial charge in [-0.2, -0.15) is 4.31 Å². The van der Waals surface area contributed by atoms with Gasteiger partial charge in [-0.25, -0.2) is 17.8 Å². The van der Waals surface area contributed by atoms with Crippen LogP contribution in [0.1, 0.15) is 29.8 Å². The average Bonchev–Trinajstić information content (AvgIpc) is 3.37. The maximum atomic E-state index is 14.3. The molecule has 39 heavy (non-hydrogen) atoms. The van der Waals surface area contributed by atoms with Gasteiger partial charge in [0.15, 0.2) is 5.13 Å². The Morgan fingerprint density at radius 2 is 1.59 bits per heavy atom. The third kappa shape index (κ3) is 7.01. The van der Waals surface area contributed by atoms with E-state index in [1.165, 1.54) is 53.0 Å². The second-order valence-corrected chi connectivity index (χ2v) is 11.9. The molecule has 0 radical (unpaired) electrons. The zero-order valence-corrected chi connectivity index (χ0v) is 24.5. The van der Waals surface area contributed by atoms with Gasteiger partial charge in [-0.05, 0) is 55.1 Å². The number of sulfonamides is 1. The van der Waals surface area contributed by atoms with Crippen LogP contribution in [0.25, 0.3) is 10.2 Å². The second kappa shape index (κ2) is 13.5. The Morgan fingerprint density at radius 3 is 2.21 bits per heavy atom. The summed E-state index contributed by atoms with van der Waals surface area (Å²) in [5.41, 5.74) is 1.44. The number of fused-ring (bicyclic) bond motifs is 1. The van der Waals surface area contributed by atoms with Crippen LogP contribution in [0, 0.1) is 5.82 Å². The molecule has 1 heterocycles. The van der Waals surface area contributed by atoms with Gasteiger partial charge in [0.1, 0.15) is 11.3 Å². The predicted octanol–water partition coefficient (Wildman–Crippen LogP) is 5.67. The Hall–Kier alpha value is -2.89. The van der Waals surface area contributed by atoms with E-state index in [0.29, 0.717) is 28.5 Å². The first kappa shape index (κ1) is 30.6. The molecule has 1 amide bonds. The smallest absolute Gasteiger partial charge is 0.260 e. The Morgan fingerprint density at radius 1 is 0.923 bits per heavy atom. The first-order valence-corrected chi connectivity index (χ1v) is 14.7. The van der Waals surface area contributed by atoms with Crippen molar-refractivity contribution < 1.29 is 17.6 Å². The van der Waals surface area contributed by atoms with Crippen LogP contribution in [0.4, 0.5) is 9.52 Å². The van der Waals surface area contributed by atoms with E-state index in [1.807, 2.05) is 30.3 Å². The number of anilines is 1. The Balaban J connectivity index is 0.00000420. The van der Waals surface area contributed by atoms with E-state index < -0.39 is 15.8 Å². The van der Waals surface area contributed by atoms with Crippen LogP contribution in [-0.2, 0) is 16.6 Å². The molecule has 0 unspecified atom stereocenters. The summed E-state index contributed by atoms with van der Waals surface area (Å²) in [6, 6.07) is 20.0. The van der Waals surface area contributed by atoms with E-state index in [2.05, 4.69) is 23.7 Å². The van der Waals surface area contributed by atoms with Gasteiger partial charge in [-0.1, -0.05) is 61.6 Å². The Kier molecular flexibility index (Phi) is 10.6. The molecule has 0 aliphatic heterocycles. The molecule has 11 heteroatoms. The zero-order valence-electron chi connectivity index (χ0n) is 22.1. The van der Waals surface area contributed by atoms with Crippen molar-refractivity contribution in [1.82, 2.24) is 14.2 Å². The molecule has 3 aromatic carbocycles. The minimum absolute atomic E-state index is 0. The number of benzene rings is 3. The van der Waals surface area contributed by atoms with Gasteiger partial charge in [0.05, 0.1) is 9.60 Å². The molecular formula is C28H32ClFN4O3S2. The molecule has 0 bridgehead atoms. The first-order chi connectivity index (χ1) is 18.2. The summed E-state index contributed by atoms with van der Waals surface area (Å²) < 4.78 is 42.5. The van der Waals surface area contributed by atoms with Crippen LogP contribution < -0.4 is 4.90 Å². The number of aromatic nitrogens is 1. The van der Waals surface area contributed by atoms with Crippen LogP contribution >= 0.6 is 23.7 Å². The number of likely N-dealkylation sites (N-methyl/N-ethyl adjacent to an activating group) is 1. The summed E-state index contributed by atoms with van der Waals surface area (Å²) >= 11 is 1.25. The summed E-state index contributed by atoms with van der Waals surface area (Å²) in [6.07, 6.45) is 0. The summed E-state index contributed by atoms with van der Waals surface area (Å²) in [4.78, 5) is 21.9. The summed E-state index contributed by atoms with van der Waals surface area (Å²) in [5, 5.41) is 0.404. The van der Waals surface area contributed by atoms with Crippen molar-refractivity contribution in [2.45, 2.75) is 25.3 Å². The fourth-order valence-electron chi connectivity index (χ4n) is 4.11. The molecule has 1 aromatic heterocycles. The lowest BCUT2D eigenvalue weighted by Gasteiger charge is -2.25. The zero-order chi connectivity index (χ0) is 27.3. The molecule has 7 nitrogen and oxygen atoms in total. The highest BCUT2D eigenvalue weighted by atomic mass is 35.5. The topological polar surface area (TPSA) is 73.8 Å². The third-order valence-corrected chi connectivity index (χ3v) is 9.29. The van der Waals surface area contributed by atoms with Gasteiger partial charge in [0, 0.05) is 32.2 Å². The van der Waals surface area contributed by atoms with Crippen LogP contribution in [0.5, 0.6) is 0 Å². The molecule has 4 aromatic rings. The van der Waals surface area contributed by atoms with Crippen molar-refractivity contribution in [3.05, 3.63) is 89.7 Å². The van der Waals surface area contributed by atoms with Crippen molar-refractivity contribution in [1.29, 1.82) is 0 Å². The van der Waals surface area contributed by atoms with Gasteiger partial charge in [0.25, 0.3) is 5.91 Å². The van der Waals surface area contributed by atoms with E-state index in [0.717, 1.165) is 18.7 Å². The highest BCUT2D eigenvalue weighted by Crippen LogP contribution is 2.31. The number of nitrogens with zero attached hydrogens (tertiary/aromatic N) is 4. The van der Waals surface area contributed by atoms with Crippen molar-refractivity contribution in [2.24, 2.45) is 0 Å². The van der Waals surface area contributed by atoms with Crippen molar-refractivity contribution in [3.63, 3.8) is 0 Å². The number of thiazole rings is 1. The first-order valence-electron chi connectivity index (χ1n) is 12.4. The maximum Gasteiger partial charge on any atom is 0.260 e. The number of para-hydroxylation sites is 1. The number of carbonyl (C=O) groups excluding carboxylic acids is 1. The molecule has 0 N–H and O–H groups in total. The van der Waals surface area contributed by atoms with Gasteiger partial charge >= 0.3 is 0 Å². The summed E-state index contributed by atoms with van der Waals surface area (Å²) in [6.45, 7) is 6.98. The lowest BCUT2D eigenvalue weighted by molar-refractivity contribution is 0.0983. The maximum absolute atomic E-state index is 14.3. The van der Waals surface area contributed by atoms with Gasteiger partial charge < -0.3 is 4.90 Å². The number of halogens is 2. The molecule has 0 atom stereocenters. The van der Waals surface area contributed by atoms with E-state index >= 15 is 0 Å². The van der Waals surface area contributed by atoms with E-state index in [1.54, 1.807) is 17.0 Å². The SMILES string of the molecule is CCN(CC)CCN(C(=O)c1ccc(S(=O)(=O)N(C)Cc2ccccc2)cc1)c1nc2c(F)cccc2s1.Cl. The number of rotatable bonds is 11. The highest BCUT2D eigenvalue weighted by Gasteiger charge is 2.25. The molecule has 0 saturated heterocycles. The quantitative estimate of drug-likeness (QED) is 0.225. The third-order valence-electron chi connectivity index (χ3n) is 6.43. The molecule has 4 rings (SSSR count). The minimum Gasteiger partial charge on any atom is -0.302 e. The number of carbonyl (C=O) groups is 1. The predicted molar refractivity (Wildman–Crippen MR) is 158 cm³/mol. The van der Waals surface area contributed by atoms with Crippen molar-refractivity contribution in [2.75, 3.05) is 38.1 Å². The lowest BCUT2D eigenvalue weighted by atomic mass is 10.2. The second-order valence-electron chi connectivity index (χ2n) is 8.84. The van der Waals surface area contributed by atoms with Crippen molar-refractivity contribution in [3.8, 4) is 0 Å². The van der Waals surface area contributed by atoms with E-state index in [4.69, 9.17) is 0 Å². The lowest BCUT2D eigenvalue weighted by Crippen LogP contribution is -2.38. The Bertz CT molecular complexity index is 1490. The molecular weight excluding hydrogens is 559 g/mol. The Labute approximate surface area is 239 Å². The van der Waals surface area contributed by atoms with Gasteiger partial charge in [-0.3, -0.25) is 9.69 Å². The minimum atomic E-state index is -3.75. The largest absolute Gasteiger partial charge is 0.302 e. The van der Waals surface area contributed by atoms with Crippen LogP contribution in [0.3, 0.4) is 0 Å². The van der Waals surface area contributed by atoms with Crippen LogP contribution in [-0.4, -0.2) is 61.7 Å². The fourth-order valence-corrected chi connectivity index (χ4v) is 6.28. The van der Waals surface area contributed by atoms with Gasteiger partial charge in [-0.15, -0.1) is 12.4 Å². The number of amides is 1. The van der Waals surface area contributed by atoms with E-state index in [9.17, 15) is 17.6 Å².